The predicted molar refractivity (Wildman–Crippen MR) is 124 cm³/mol. The average Bonchev–Trinajstić information content (AvgIpc) is 3.25. The number of pyridine rings is 1. The van der Waals surface area contributed by atoms with Gasteiger partial charge < -0.3 is 4.74 Å². The van der Waals surface area contributed by atoms with Crippen molar-refractivity contribution in [3.05, 3.63) is 106 Å². The fourth-order valence-electron chi connectivity index (χ4n) is 4.40. The lowest BCUT2D eigenvalue weighted by molar-refractivity contribution is -0.0191. The zero-order valence-corrected chi connectivity index (χ0v) is 17.9. The van der Waals surface area contributed by atoms with E-state index in [2.05, 4.69) is 47.4 Å². The molecule has 152 valence electrons. The van der Waals surface area contributed by atoms with Gasteiger partial charge in [-0.3, -0.25) is 4.98 Å². The number of hydrazone groups is 1. The second-order valence-corrected chi connectivity index (χ2v) is 8.61. The summed E-state index contributed by atoms with van der Waals surface area (Å²) in [6.07, 6.45) is 3.88. The number of rotatable bonds is 2. The molecule has 3 aromatic carbocycles. The Kier molecular flexibility index (Phi) is 4.37. The number of hydrogen-bond donors (Lipinski definition) is 0. The highest BCUT2D eigenvalue weighted by Crippen LogP contribution is 2.50. The molecule has 0 amide bonds. The molecule has 31 heavy (non-hydrogen) atoms. The molecule has 0 fully saturated rings. The minimum atomic E-state index is -0.414. The Balaban J connectivity index is 1.48. The molecule has 3 heterocycles. The van der Waals surface area contributed by atoms with Crippen LogP contribution in [0.3, 0.4) is 0 Å². The van der Waals surface area contributed by atoms with Crippen LogP contribution in [0, 0.1) is 0 Å². The zero-order chi connectivity index (χ0) is 20.9. The van der Waals surface area contributed by atoms with Gasteiger partial charge in [-0.2, -0.15) is 5.10 Å². The van der Waals surface area contributed by atoms with Gasteiger partial charge in [-0.25, -0.2) is 5.01 Å². The first-order valence-electron chi connectivity index (χ1n) is 10.1. The van der Waals surface area contributed by atoms with Crippen LogP contribution in [0.15, 0.2) is 84.2 Å². The molecule has 0 spiro atoms. The average molecular weight is 446 g/mol. The smallest absolute Gasteiger partial charge is 0.215 e. The molecule has 0 radical (unpaired) electrons. The minimum Gasteiger partial charge on any atom is -0.463 e. The lowest BCUT2D eigenvalue weighted by Gasteiger charge is -2.38. The first kappa shape index (κ1) is 18.7. The van der Waals surface area contributed by atoms with Gasteiger partial charge in [0.1, 0.15) is 5.75 Å². The SMILES string of the molecule is Clc1cc(Cl)c2c(c1)C1CC(c3ccc4ccccc4c3)=NN1C(c1cccnc1)O2. The molecular weight excluding hydrogens is 429 g/mol. The molecule has 0 saturated carbocycles. The van der Waals surface area contributed by atoms with Crippen LogP contribution in [-0.4, -0.2) is 15.7 Å². The summed E-state index contributed by atoms with van der Waals surface area (Å²) in [6.45, 7) is 0. The summed E-state index contributed by atoms with van der Waals surface area (Å²) in [5.74, 6) is 0.663. The van der Waals surface area contributed by atoms with Crippen molar-refractivity contribution in [2.45, 2.75) is 18.7 Å². The molecule has 2 aliphatic rings. The topological polar surface area (TPSA) is 37.7 Å². The van der Waals surface area contributed by atoms with E-state index in [0.717, 1.165) is 28.8 Å². The first-order chi connectivity index (χ1) is 15.2. The van der Waals surface area contributed by atoms with Gasteiger partial charge in [0, 0.05) is 35.0 Å². The van der Waals surface area contributed by atoms with Crippen LogP contribution >= 0.6 is 23.2 Å². The number of aromatic nitrogens is 1. The molecule has 0 aliphatic carbocycles. The third-order valence-corrected chi connectivity index (χ3v) is 6.36. The molecule has 6 heteroatoms. The lowest BCUT2D eigenvalue weighted by Crippen LogP contribution is -2.33. The monoisotopic (exact) mass is 445 g/mol. The van der Waals surface area contributed by atoms with Crippen LogP contribution in [0.5, 0.6) is 5.75 Å². The van der Waals surface area contributed by atoms with E-state index in [-0.39, 0.29) is 6.04 Å². The summed E-state index contributed by atoms with van der Waals surface area (Å²) < 4.78 is 6.36. The van der Waals surface area contributed by atoms with Gasteiger partial charge in [-0.15, -0.1) is 0 Å². The van der Waals surface area contributed by atoms with Gasteiger partial charge in [-0.05, 0) is 40.6 Å². The van der Waals surface area contributed by atoms with Gasteiger partial charge in [0.2, 0.25) is 6.23 Å². The molecule has 4 aromatic rings. The summed E-state index contributed by atoms with van der Waals surface area (Å²) in [4.78, 5) is 4.27. The minimum absolute atomic E-state index is 0.0216. The van der Waals surface area contributed by atoms with Crippen LogP contribution in [0.2, 0.25) is 10.0 Å². The number of nitrogens with zero attached hydrogens (tertiary/aromatic N) is 3. The third kappa shape index (κ3) is 3.14. The molecule has 2 atom stereocenters. The third-order valence-electron chi connectivity index (χ3n) is 5.86. The molecule has 2 aliphatic heterocycles. The number of ether oxygens (including phenoxy) is 1. The maximum Gasteiger partial charge on any atom is 0.215 e. The molecule has 0 bridgehead atoms. The lowest BCUT2D eigenvalue weighted by atomic mass is 9.95. The number of halogens is 2. The van der Waals surface area contributed by atoms with Crippen molar-refractivity contribution in [2.24, 2.45) is 5.10 Å². The van der Waals surface area contributed by atoms with Gasteiger partial charge >= 0.3 is 0 Å². The Morgan fingerprint density at radius 3 is 2.65 bits per heavy atom. The van der Waals surface area contributed by atoms with Crippen LogP contribution in [0.1, 0.15) is 35.4 Å². The Hall–Kier alpha value is -3.08. The maximum absolute atomic E-state index is 6.53. The summed E-state index contributed by atoms with van der Waals surface area (Å²) in [5, 5.41) is 10.5. The highest BCUT2D eigenvalue weighted by Gasteiger charge is 2.42. The van der Waals surface area contributed by atoms with Gasteiger partial charge in [0.15, 0.2) is 0 Å². The molecule has 0 N–H and O–H groups in total. The van der Waals surface area contributed by atoms with Crippen molar-refractivity contribution in [1.29, 1.82) is 0 Å². The van der Waals surface area contributed by atoms with E-state index in [4.69, 9.17) is 33.0 Å². The van der Waals surface area contributed by atoms with Crippen molar-refractivity contribution in [1.82, 2.24) is 9.99 Å². The van der Waals surface area contributed by atoms with E-state index in [1.54, 1.807) is 18.5 Å². The van der Waals surface area contributed by atoms with E-state index < -0.39 is 6.23 Å². The highest BCUT2D eigenvalue weighted by molar-refractivity contribution is 6.35. The van der Waals surface area contributed by atoms with Crippen LogP contribution in [-0.2, 0) is 0 Å². The largest absolute Gasteiger partial charge is 0.463 e. The summed E-state index contributed by atoms with van der Waals surface area (Å²) in [6, 6.07) is 22.3. The van der Waals surface area contributed by atoms with E-state index in [9.17, 15) is 0 Å². The molecule has 2 unspecified atom stereocenters. The van der Waals surface area contributed by atoms with Gasteiger partial charge in [0.05, 0.1) is 16.8 Å². The summed E-state index contributed by atoms with van der Waals surface area (Å²) in [7, 11) is 0. The fraction of sp³-hybridized carbons (Fsp3) is 0.120. The van der Waals surface area contributed by atoms with E-state index in [1.165, 1.54) is 10.8 Å². The van der Waals surface area contributed by atoms with Crippen LogP contribution in [0.4, 0.5) is 0 Å². The van der Waals surface area contributed by atoms with Gasteiger partial charge in [-0.1, -0.05) is 65.7 Å². The van der Waals surface area contributed by atoms with Crippen molar-refractivity contribution in [2.75, 3.05) is 0 Å². The molecule has 1 aromatic heterocycles. The number of hydrogen-bond acceptors (Lipinski definition) is 4. The predicted octanol–water partition coefficient (Wildman–Crippen LogP) is 6.78. The molecular formula is C25H17Cl2N3O. The molecule has 6 rings (SSSR count). The quantitative estimate of drug-likeness (QED) is 0.341. The van der Waals surface area contributed by atoms with Crippen LogP contribution in [0.25, 0.3) is 10.8 Å². The van der Waals surface area contributed by atoms with E-state index in [0.29, 0.717) is 15.8 Å². The van der Waals surface area contributed by atoms with Crippen molar-refractivity contribution < 1.29 is 4.74 Å². The Bertz CT molecular complexity index is 1340. The highest BCUT2D eigenvalue weighted by atomic mass is 35.5. The van der Waals surface area contributed by atoms with Crippen LogP contribution < -0.4 is 4.74 Å². The number of benzene rings is 3. The molecule has 4 nitrogen and oxygen atoms in total. The summed E-state index contributed by atoms with van der Waals surface area (Å²) in [5.41, 5.74) is 4.00. The maximum atomic E-state index is 6.53. The van der Waals surface area contributed by atoms with Gasteiger partial charge in [0.25, 0.3) is 0 Å². The van der Waals surface area contributed by atoms with Crippen molar-refractivity contribution in [3.63, 3.8) is 0 Å². The summed E-state index contributed by atoms with van der Waals surface area (Å²) >= 11 is 12.9. The first-order valence-corrected chi connectivity index (χ1v) is 10.8. The zero-order valence-electron chi connectivity index (χ0n) is 16.4. The van der Waals surface area contributed by atoms with E-state index >= 15 is 0 Å². The molecule has 0 saturated heterocycles. The van der Waals surface area contributed by atoms with Crippen molar-refractivity contribution >= 4 is 39.7 Å². The standard InChI is InChI=1S/C25H17Cl2N3O/c26-19-11-20-23-13-22(17-8-7-15-4-1-2-5-16(15)10-17)29-30(23)25(18-6-3-9-28-14-18)31-24(20)21(27)12-19/h1-12,14,23,25H,13H2. The second-order valence-electron chi connectivity index (χ2n) is 7.77. The second kappa shape index (κ2) is 7.26. The fourth-order valence-corrected chi connectivity index (χ4v) is 4.95. The van der Waals surface area contributed by atoms with Crippen molar-refractivity contribution in [3.8, 4) is 5.75 Å². The van der Waals surface area contributed by atoms with E-state index in [1.807, 2.05) is 23.2 Å². The Labute approximate surface area is 189 Å². The Morgan fingerprint density at radius 1 is 0.935 bits per heavy atom. The Morgan fingerprint density at radius 2 is 1.81 bits per heavy atom. The number of fused-ring (bicyclic) bond motifs is 4. The normalized spacial score (nSPS) is 19.5.